The van der Waals surface area contributed by atoms with Crippen LogP contribution in [0.15, 0.2) is 97.2 Å². The third-order valence-corrected chi connectivity index (χ3v) is 4.86. The molecule has 0 aliphatic carbocycles. The fourth-order valence-electron chi connectivity index (χ4n) is 3.58. The van der Waals surface area contributed by atoms with Gasteiger partial charge < -0.3 is 0 Å². The molecule has 3 heteroatoms. The van der Waals surface area contributed by atoms with Crippen molar-refractivity contribution < 1.29 is 0 Å². The van der Waals surface area contributed by atoms with E-state index in [1.165, 1.54) is 0 Å². The summed E-state index contributed by atoms with van der Waals surface area (Å²) in [5, 5.41) is 4.80. The Labute approximate surface area is 155 Å². The number of benzene rings is 3. The Morgan fingerprint density at radius 2 is 1.08 bits per heavy atom. The molecule has 2 radical (unpaired) electrons. The first-order valence-electron chi connectivity index (χ1n) is 8.71. The van der Waals surface area contributed by atoms with Crippen molar-refractivity contribution in [2.24, 2.45) is 0 Å². The molecule has 0 unspecified atom stereocenters. The molecule has 0 amide bonds. The van der Waals surface area contributed by atoms with Gasteiger partial charge in [0.25, 0.3) is 0 Å². The van der Waals surface area contributed by atoms with Crippen LogP contribution in [0.4, 0.5) is 0 Å². The molecular formula is C23H19BN2. The van der Waals surface area contributed by atoms with Crippen molar-refractivity contribution in [1.29, 1.82) is 0 Å². The molecule has 0 atom stereocenters. The van der Waals surface area contributed by atoms with Crippen molar-refractivity contribution in [2.75, 3.05) is 0 Å². The van der Waals surface area contributed by atoms with Gasteiger partial charge in [0.2, 0.25) is 0 Å². The molecule has 124 valence electrons. The highest BCUT2D eigenvalue weighted by molar-refractivity contribution is 6.32. The maximum absolute atomic E-state index is 6.19. The summed E-state index contributed by atoms with van der Waals surface area (Å²) in [5.41, 5.74) is 4.35. The Kier molecular flexibility index (Phi) is 4.22. The van der Waals surface area contributed by atoms with Crippen molar-refractivity contribution >= 4 is 13.3 Å². The van der Waals surface area contributed by atoms with E-state index >= 15 is 0 Å². The highest BCUT2D eigenvalue weighted by Gasteiger charge is 2.39. The zero-order valence-corrected chi connectivity index (χ0v) is 14.7. The minimum Gasteiger partial charge on any atom is -0.253 e. The van der Waals surface area contributed by atoms with E-state index in [0.29, 0.717) is 5.46 Å². The molecule has 0 fully saturated rings. The second-order valence-corrected chi connectivity index (χ2v) is 6.42. The van der Waals surface area contributed by atoms with Gasteiger partial charge in [-0.2, -0.15) is 5.10 Å². The predicted molar refractivity (Wildman–Crippen MR) is 107 cm³/mol. The molecule has 0 saturated carbocycles. The lowest BCUT2D eigenvalue weighted by atomic mass is 9.77. The third-order valence-electron chi connectivity index (χ3n) is 4.86. The summed E-state index contributed by atoms with van der Waals surface area (Å²) in [6, 6.07) is 31.4. The van der Waals surface area contributed by atoms with Crippen molar-refractivity contribution in [2.45, 2.75) is 12.5 Å². The van der Waals surface area contributed by atoms with Crippen LogP contribution in [-0.4, -0.2) is 17.6 Å². The van der Waals surface area contributed by atoms with Crippen LogP contribution in [0, 0.1) is 6.92 Å². The van der Waals surface area contributed by atoms with Crippen LogP contribution >= 0.6 is 0 Å². The molecule has 3 aromatic carbocycles. The second-order valence-electron chi connectivity index (χ2n) is 6.42. The van der Waals surface area contributed by atoms with Gasteiger partial charge in [-0.15, -0.1) is 0 Å². The average Bonchev–Trinajstić information content (AvgIpc) is 3.04. The smallest absolute Gasteiger partial charge is 0.137 e. The summed E-state index contributed by atoms with van der Waals surface area (Å²) in [5.74, 6) is 0. The number of nitrogens with zero attached hydrogens (tertiary/aromatic N) is 2. The molecule has 0 aliphatic rings. The number of hydrogen-bond acceptors (Lipinski definition) is 1. The summed E-state index contributed by atoms with van der Waals surface area (Å²) in [7, 11) is 6.19. The van der Waals surface area contributed by atoms with E-state index in [0.717, 1.165) is 22.4 Å². The first-order valence-corrected chi connectivity index (χ1v) is 8.71. The van der Waals surface area contributed by atoms with Gasteiger partial charge in [0.05, 0.1) is 5.69 Å². The van der Waals surface area contributed by atoms with Gasteiger partial charge >= 0.3 is 0 Å². The van der Waals surface area contributed by atoms with Crippen LogP contribution < -0.4 is 5.46 Å². The molecule has 1 heterocycles. The Morgan fingerprint density at radius 1 is 0.692 bits per heavy atom. The van der Waals surface area contributed by atoms with Crippen molar-refractivity contribution in [1.82, 2.24) is 9.78 Å². The van der Waals surface area contributed by atoms with E-state index in [4.69, 9.17) is 12.9 Å². The van der Waals surface area contributed by atoms with E-state index in [-0.39, 0.29) is 0 Å². The van der Waals surface area contributed by atoms with Crippen LogP contribution in [-0.2, 0) is 5.54 Å². The molecule has 0 saturated heterocycles. The molecule has 2 nitrogen and oxygen atoms in total. The fraction of sp³-hybridized carbons (Fsp3) is 0.0870. The van der Waals surface area contributed by atoms with Gasteiger partial charge in [-0.05, 0) is 23.6 Å². The lowest BCUT2D eigenvalue weighted by molar-refractivity contribution is 0.458. The third kappa shape index (κ3) is 2.57. The fourth-order valence-corrected chi connectivity index (χ4v) is 3.58. The van der Waals surface area contributed by atoms with Gasteiger partial charge in [0, 0.05) is 6.20 Å². The van der Waals surface area contributed by atoms with Gasteiger partial charge in [0.1, 0.15) is 13.4 Å². The topological polar surface area (TPSA) is 17.8 Å². The monoisotopic (exact) mass is 334 g/mol. The predicted octanol–water partition coefficient (Wildman–Crippen LogP) is 3.83. The Bertz CT molecular complexity index is 876. The number of aromatic nitrogens is 2. The van der Waals surface area contributed by atoms with Gasteiger partial charge in [-0.25, -0.2) is 0 Å². The molecule has 0 aliphatic heterocycles. The molecular weight excluding hydrogens is 315 g/mol. The van der Waals surface area contributed by atoms with Gasteiger partial charge in [0.15, 0.2) is 0 Å². The van der Waals surface area contributed by atoms with Crippen molar-refractivity contribution in [3.05, 3.63) is 120 Å². The van der Waals surface area contributed by atoms with Crippen molar-refractivity contribution in [3.8, 4) is 0 Å². The second kappa shape index (κ2) is 6.68. The summed E-state index contributed by atoms with van der Waals surface area (Å²) >= 11 is 0. The molecule has 1 aromatic heterocycles. The zero-order valence-electron chi connectivity index (χ0n) is 14.7. The van der Waals surface area contributed by atoms with E-state index in [1.807, 2.05) is 36.0 Å². The minimum absolute atomic E-state index is 0.591. The lowest BCUT2D eigenvalue weighted by Crippen LogP contribution is -2.38. The molecule has 0 N–H and O–H groups in total. The van der Waals surface area contributed by atoms with E-state index < -0.39 is 5.54 Å². The van der Waals surface area contributed by atoms with Crippen LogP contribution in [0.5, 0.6) is 0 Å². The highest BCUT2D eigenvalue weighted by atomic mass is 15.3. The number of aryl methyl sites for hydroxylation is 1. The summed E-state index contributed by atoms with van der Waals surface area (Å²) in [4.78, 5) is 0. The van der Waals surface area contributed by atoms with E-state index in [2.05, 4.69) is 72.8 Å². The molecule has 0 spiro atoms. The summed E-state index contributed by atoms with van der Waals surface area (Å²) in [6.07, 6.45) is 1.93. The van der Waals surface area contributed by atoms with E-state index in [9.17, 15) is 0 Å². The number of hydrogen-bond donors (Lipinski definition) is 0. The van der Waals surface area contributed by atoms with Crippen LogP contribution in [0.3, 0.4) is 0 Å². The van der Waals surface area contributed by atoms with Crippen LogP contribution in [0.1, 0.15) is 22.4 Å². The Balaban J connectivity index is 2.14. The zero-order chi connectivity index (χ0) is 18.0. The Hall–Kier alpha value is -3.07. The maximum Gasteiger partial charge on any atom is 0.137 e. The van der Waals surface area contributed by atoms with Crippen molar-refractivity contribution in [3.63, 3.8) is 0 Å². The summed E-state index contributed by atoms with van der Waals surface area (Å²) < 4.78 is 2.00. The largest absolute Gasteiger partial charge is 0.253 e. The maximum atomic E-state index is 6.19. The molecule has 26 heavy (non-hydrogen) atoms. The first-order chi connectivity index (χ1) is 12.7. The average molecular weight is 334 g/mol. The molecule has 4 rings (SSSR count). The first kappa shape index (κ1) is 16.4. The number of rotatable bonds is 4. The van der Waals surface area contributed by atoms with Crippen LogP contribution in [0.25, 0.3) is 0 Å². The van der Waals surface area contributed by atoms with Gasteiger partial charge in [-0.3, -0.25) is 4.68 Å². The van der Waals surface area contributed by atoms with E-state index in [1.54, 1.807) is 0 Å². The highest BCUT2D eigenvalue weighted by Crippen LogP contribution is 2.39. The molecule has 4 aromatic rings. The lowest BCUT2D eigenvalue weighted by Gasteiger charge is -2.36. The van der Waals surface area contributed by atoms with Crippen LogP contribution in [0.2, 0.25) is 0 Å². The minimum atomic E-state index is -0.591. The standard InChI is InChI=1S/C23H19BN2/c1-18-22(24)17-26(25-18)23(19-11-5-2-6-12-19,20-13-7-3-8-14-20)21-15-9-4-10-16-21/h2-17H,1H3. The quantitative estimate of drug-likeness (QED) is 0.410. The van der Waals surface area contributed by atoms with Gasteiger partial charge in [-0.1, -0.05) is 96.5 Å². The normalized spacial score (nSPS) is 11.4. The Morgan fingerprint density at radius 3 is 1.38 bits per heavy atom. The SMILES string of the molecule is [B]c1cn(C(c2ccccc2)(c2ccccc2)c2ccccc2)nc1C. The molecule has 0 bridgehead atoms. The summed E-state index contributed by atoms with van der Waals surface area (Å²) in [6.45, 7) is 1.94.